The Kier molecular flexibility index (Phi) is 6.76. The van der Waals surface area contributed by atoms with Crippen molar-refractivity contribution in [1.82, 2.24) is 0 Å². The van der Waals surface area contributed by atoms with Gasteiger partial charge in [-0.05, 0) is 66.6 Å². The first-order chi connectivity index (χ1) is 11.0. The molecule has 6 atom stereocenters. The zero-order valence-electron chi connectivity index (χ0n) is 17.3. The van der Waals surface area contributed by atoms with E-state index in [1.165, 1.54) is 32.1 Å². The van der Waals surface area contributed by atoms with E-state index >= 15 is 0 Å². The van der Waals surface area contributed by atoms with Crippen LogP contribution in [-0.2, 0) is 0 Å². The lowest BCUT2D eigenvalue weighted by Gasteiger charge is -2.49. The van der Waals surface area contributed by atoms with Crippen LogP contribution >= 0.6 is 0 Å². The highest BCUT2D eigenvalue weighted by Gasteiger charge is 2.67. The van der Waals surface area contributed by atoms with Gasteiger partial charge >= 0.3 is 0 Å². The van der Waals surface area contributed by atoms with Gasteiger partial charge in [0.15, 0.2) is 0 Å². The van der Waals surface area contributed by atoms with Crippen molar-refractivity contribution in [3.63, 3.8) is 0 Å². The normalized spacial score (nSPS) is 45.0. The molecule has 4 rings (SSSR count). The summed E-state index contributed by atoms with van der Waals surface area (Å²) in [5, 5.41) is 0. The molecule has 4 aliphatic carbocycles. The Balaban J connectivity index is 0.000000400. The SMILES string of the molecule is C=C1CC2(C)C1CC1C3CCC(=C)C3(C)CC12.CC.CC.CC. The van der Waals surface area contributed by atoms with Gasteiger partial charge in [0.2, 0.25) is 0 Å². The van der Waals surface area contributed by atoms with E-state index in [0.717, 1.165) is 23.7 Å². The molecule has 4 saturated carbocycles. The molecule has 0 aromatic rings. The van der Waals surface area contributed by atoms with E-state index in [2.05, 4.69) is 27.0 Å². The van der Waals surface area contributed by atoms with Crippen molar-refractivity contribution in [2.45, 2.75) is 87.5 Å². The summed E-state index contributed by atoms with van der Waals surface area (Å²) >= 11 is 0. The highest BCUT2D eigenvalue weighted by atomic mass is 14.7. The maximum absolute atomic E-state index is 4.38. The van der Waals surface area contributed by atoms with Crippen LogP contribution in [0.1, 0.15) is 87.5 Å². The molecule has 0 nitrogen and oxygen atoms in total. The van der Waals surface area contributed by atoms with Gasteiger partial charge < -0.3 is 0 Å². The molecular weight excluding hydrogens is 276 g/mol. The first-order valence-electron chi connectivity index (χ1n) is 10.3. The molecule has 0 aromatic heterocycles. The van der Waals surface area contributed by atoms with E-state index in [1.807, 2.05) is 41.5 Å². The van der Waals surface area contributed by atoms with Crippen LogP contribution in [-0.4, -0.2) is 0 Å². The van der Waals surface area contributed by atoms with Gasteiger partial charge in [-0.2, -0.15) is 0 Å². The fourth-order valence-corrected chi connectivity index (χ4v) is 6.29. The van der Waals surface area contributed by atoms with Gasteiger partial charge in [-0.3, -0.25) is 0 Å². The Labute approximate surface area is 146 Å². The second-order valence-corrected chi connectivity index (χ2v) is 7.77. The molecule has 4 aliphatic rings. The van der Waals surface area contributed by atoms with Crippen molar-refractivity contribution in [1.29, 1.82) is 0 Å². The fourth-order valence-electron chi connectivity index (χ4n) is 6.29. The lowest BCUT2D eigenvalue weighted by molar-refractivity contribution is 0.0940. The van der Waals surface area contributed by atoms with Gasteiger partial charge in [0.05, 0.1) is 0 Å². The summed E-state index contributed by atoms with van der Waals surface area (Å²) in [5.74, 6) is 3.80. The minimum absolute atomic E-state index is 0.500. The van der Waals surface area contributed by atoms with Gasteiger partial charge in [0.25, 0.3) is 0 Å². The molecule has 0 aliphatic heterocycles. The predicted octanol–water partition coefficient (Wildman–Crippen LogP) is 7.66. The Bertz CT molecular complexity index is 431. The zero-order chi connectivity index (χ0) is 18.0. The van der Waals surface area contributed by atoms with Crippen molar-refractivity contribution in [2.24, 2.45) is 34.5 Å². The number of hydrogen-bond donors (Lipinski definition) is 0. The van der Waals surface area contributed by atoms with Gasteiger partial charge in [-0.15, -0.1) is 0 Å². The summed E-state index contributed by atoms with van der Waals surface area (Å²) in [4.78, 5) is 0. The van der Waals surface area contributed by atoms with Crippen LogP contribution in [0.15, 0.2) is 24.3 Å². The third-order valence-electron chi connectivity index (χ3n) is 7.31. The summed E-state index contributed by atoms with van der Waals surface area (Å²) in [7, 11) is 0. The molecule has 23 heavy (non-hydrogen) atoms. The first-order valence-corrected chi connectivity index (χ1v) is 10.3. The second-order valence-electron chi connectivity index (χ2n) is 7.77. The van der Waals surface area contributed by atoms with E-state index in [9.17, 15) is 0 Å². The summed E-state index contributed by atoms with van der Waals surface area (Å²) in [6, 6.07) is 0. The molecule has 0 N–H and O–H groups in total. The van der Waals surface area contributed by atoms with E-state index in [-0.39, 0.29) is 0 Å². The molecule has 134 valence electrons. The molecular formula is C23H42. The Morgan fingerprint density at radius 1 is 0.913 bits per heavy atom. The first kappa shape index (κ1) is 20.5. The summed E-state index contributed by atoms with van der Waals surface area (Å²) in [5.41, 5.74) is 4.24. The Morgan fingerprint density at radius 2 is 1.48 bits per heavy atom. The highest BCUT2D eigenvalue weighted by Crippen LogP contribution is 2.75. The fraction of sp³-hybridized carbons (Fsp3) is 0.826. The standard InChI is InChI=1S/C17H24.3C2H6/c1-10-8-17(4)14(10)7-12-13-6-5-11(2)16(13,3)9-15(12)17;3*1-2/h12-15H,1-2,5-9H2,3-4H3;3*1-2H3. The van der Waals surface area contributed by atoms with E-state index in [0.29, 0.717) is 10.8 Å². The van der Waals surface area contributed by atoms with E-state index in [1.54, 1.807) is 11.1 Å². The monoisotopic (exact) mass is 318 g/mol. The molecule has 0 heterocycles. The molecule has 6 unspecified atom stereocenters. The lowest BCUT2D eigenvalue weighted by Crippen LogP contribution is -2.40. The third-order valence-corrected chi connectivity index (χ3v) is 7.31. The second kappa shape index (κ2) is 7.58. The molecule has 0 spiro atoms. The quantitative estimate of drug-likeness (QED) is 0.402. The zero-order valence-corrected chi connectivity index (χ0v) is 17.3. The summed E-state index contributed by atoms with van der Waals surface area (Å²) in [6.07, 6.45) is 6.92. The highest BCUT2D eigenvalue weighted by molar-refractivity contribution is 5.32. The number of hydrogen-bond acceptors (Lipinski definition) is 0. The van der Waals surface area contributed by atoms with Crippen molar-refractivity contribution >= 4 is 0 Å². The summed E-state index contributed by atoms with van der Waals surface area (Å²) in [6.45, 7) is 25.7. The van der Waals surface area contributed by atoms with Crippen LogP contribution in [0.5, 0.6) is 0 Å². The largest absolute Gasteiger partial charge is 0.0995 e. The molecule has 4 fully saturated rings. The molecule has 0 radical (unpaired) electrons. The van der Waals surface area contributed by atoms with Crippen LogP contribution in [0.3, 0.4) is 0 Å². The average Bonchev–Trinajstić information content (AvgIpc) is 3.11. The maximum atomic E-state index is 4.38. The Hall–Kier alpha value is -0.520. The molecule has 0 amide bonds. The predicted molar refractivity (Wildman–Crippen MR) is 106 cm³/mol. The smallest absolute Gasteiger partial charge is 0.00850 e. The van der Waals surface area contributed by atoms with Crippen LogP contribution in [0.4, 0.5) is 0 Å². The Morgan fingerprint density at radius 3 is 2.00 bits per heavy atom. The van der Waals surface area contributed by atoms with Gasteiger partial charge in [-0.1, -0.05) is 79.7 Å². The topological polar surface area (TPSA) is 0 Å². The minimum Gasteiger partial charge on any atom is -0.0995 e. The van der Waals surface area contributed by atoms with Crippen molar-refractivity contribution in [2.75, 3.05) is 0 Å². The maximum Gasteiger partial charge on any atom is -0.00850 e. The lowest BCUT2D eigenvalue weighted by atomic mass is 9.56. The van der Waals surface area contributed by atoms with Crippen molar-refractivity contribution in [3.05, 3.63) is 24.3 Å². The van der Waals surface area contributed by atoms with E-state index in [4.69, 9.17) is 0 Å². The molecule has 0 bridgehead atoms. The minimum atomic E-state index is 0.500. The van der Waals surface area contributed by atoms with Gasteiger partial charge in [0, 0.05) is 0 Å². The van der Waals surface area contributed by atoms with Crippen LogP contribution < -0.4 is 0 Å². The molecule has 0 aromatic carbocycles. The third kappa shape index (κ3) is 2.75. The van der Waals surface area contributed by atoms with E-state index < -0.39 is 0 Å². The van der Waals surface area contributed by atoms with Crippen LogP contribution in [0.2, 0.25) is 0 Å². The number of rotatable bonds is 0. The molecule has 0 saturated heterocycles. The number of fused-ring (bicyclic) bond motifs is 5. The van der Waals surface area contributed by atoms with Gasteiger partial charge in [-0.25, -0.2) is 0 Å². The average molecular weight is 319 g/mol. The van der Waals surface area contributed by atoms with Crippen molar-refractivity contribution in [3.8, 4) is 0 Å². The summed E-state index contributed by atoms with van der Waals surface area (Å²) < 4.78 is 0. The van der Waals surface area contributed by atoms with Crippen molar-refractivity contribution < 1.29 is 0 Å². The van der Waals surface area contributed by atoms with Crippen LogP contribution in [0, 0.1) is 34.5 Å². The van der Waals surface area contributed by atoms with Gasteiger partial charge in [0.1, 0.15) is 0 Å². The van der Waals surface area contributed by atoms with Crippen LogP contribution in [0.25, 0.3) is 0 Å². The molecule has 0 heteroatoms. The number of allylic oxidation sites excluding steroid dienone is 2.